The maximum absolute atomic E-state index is 13.3. The van der Waals surface area contributed by atoms with Gasteiger partial charge in [-0.25, -0.2) is 9.48 Å². The van der Waals surface area contributed by atoms with Crippen LogP contribution in [0.2, 0.25) is 0 Å². The number of nitrogens with one attached hydrogen (secondary N) is 2. The molecule has 1 fully saturated rings. The Morgan fingerprint density at radius 3 is 2.31 bits per heavy atom. The summed E-state index contributed by atoms with van der Waals surface area (Å²) in [5.74, 6) is -0.897. The van der Waals surface area contributed by atoms with Crippen molar-refractivity contribution in [3.8, 4) is 5.69 Å². The third-order valence-electron chi connectivity index (χ3n) is 4.58. The lowest BCUT2D eigenvalue weighted by molar-refractivity contribution is -0.141. The van der Waals surface area contributed by atoms with E-state index < -0.39 is 23.3 Å². The molecule has 7 nitrogen and oxygen atoms in total. The van der Waals surface area contributed by atoms with Crippen molar-refractivity contribution < 1.29 is 22.8 Å². The molecule has 1 aromatic carbocycles. The first-order valence-electron chi connectivity index (χ1n) is 9.39. The van der Waals surface area contributed by atoms with Crippen LogP contribution in [-0.2, 0) is 6.18 Å². The predicted molar refractivity (Wildman–Crippen MR) is 99.7 cm³/mol. The van der Waals surface area contributed by atoms with E-state index in [1.54, 1.807) is 35.2 Å². The molecular weight excluding hydrogens is 387 g/mol. The molecule has 29 heavy (non-hydrogen) atoms. The average molecular weight is 409 g/mol. The molecule has 156 valence electrons. The number of likely N-dealkylation sites (tertiary alicyclic amines) is 1. The summed E-state index contributed by atoms with van der Waals surface area (Å²) in [6.45, 7) is 1.50. The zero-order valence-corrected chi connectivity index (χ0v) is 15.7. The number of halogens is 3. The van der Waals surface area contributed by atoms with Crippen molar-refractivity contribution in [3.63, 3.8) is 0 Å². The molecular formula is C19H22F3N5O2. The maximum Gasteiger partial charge on any atom is 0.435 e. The number of aromatic nitrogens is 2. The minimum Gasteiger partial charge on any atom is -0.350 e. The molecule has 3 rings (SSSR count). The minimum absolute atomic E-state index is 0.00618. The van der Waals surface area contributed by atoms with Gasteiger partial charge in [0.1, 0.15) is 0 Å². The number of carbonyl (C=O) groups excluding carboxylic acids is 2. The molecule has 10 heteroatoms. The summed E-state index contributed by atoms with van der Waals surface area (Å²) in [6, 6.07) is 8.00. The number of para-hydroxylation sites is 1. The Morgan fingerprint density at radius 1 is 1.00 bits per heavy atom. The quantitative estimate of drug-likeness (QED) is 0.746. The van der Waals surface area contributed by atoms with Crippen LogP contribution in [0.25, 0.3) is 5.69 Å². The molecule has 1 saturated heterocycles. The van der Waals surface area contributed by atoms with Crippen LogP contribution < -0.4 is 10.6 Å². The van der Waals surface area contributed by atoms with Crippen LogP contribution in [0.3, 0.4) is 0 Å². The van der Waals surface area contributed by atoms with Crippen LogP contribution in [0.4, 0.5) is 18.0 Å². The van der Waals surface area contributed by atoms with Gasteiger partial charge in [0.05, 0.1) is 11.3 Å². The monoisotopic (exact) mass is 409 g/mol. The number of rotatable bonds is 5. The second-order valence-electron chi connectivity index (χ2n) is 6.70. The van der Waals surface area contributed by atoms with Crippen LogP contribution in [0.1, 0.15) is 35.3 Å². The number of hydrogen-bond acceptors (Lipinski definition) is 3. The van der Waals surface area contributed by atoms with Crippen molar-refractivity contribution in [3.05, 3.63) is 47.8 Å². The lowest BCUT2D eigenvalue weighted by Gasteiger charge is -2.26. The summed E-state index contributed by atoms with van der Waals surface area (Å²) in [5, 5.41) is 8.62. The zero-order chi connectivity index (χ0) is 20.9. The first-order chi connectivity index (χ1) is 13.9. The Kier molecular flexibility index (Phi) is 6.40. The minimum atomic E-state index is -4.77. The Balaban J connectivity index is 1.61. The van der Waals surface area contributed by atoms with Crippen molar-refractivity contribution in [2.75, 3.05) is 26.2 Å². The van der Waals surface area contributed by atoms with Crippen LogP contribution in [0.15, 0.2) is 36.5 Å². The highest BCUT2D eigenvalue weighted by molar-refractivity contribution is 5.95. The summed E-state index contributed by atoms with van der Waals surface area (Å²) in [5.41, 5.74) is -1.41. The Morgan fingerprint density at radius 2 is 1.66 bits per heavy atom. The smallest absolute Gasteiger partial charge is 0.350 e. The number of carbonyl (C=O) groups is 2. The Hall–Kier alpha value is -3.04. The normalized spacial score (nSPS) is 14.5. The summed E-state index contributed by atoms with van der Waals surface area (Å²) in [7, 11) is 0. The molecule has 0 saturated carbocycles. The molecule has 2 N–H and O–H groups in total. The molecule has 0 spiro atoms. The van der Waals surface area contributed by atoms with Gasteiger partial charge in [-0.05, 0) is 31.4 Å². The standard InChI is InChI=1S/C19H22F3N5O2/c20-19(21,22)16-15(13-27(25-16)14-7-3-1-4-8-14)17(28)23-9-10-24-18(29)26-11-5-2-6-12-26/h1,3-4,7-8,13H,2,5-6,9-12H2,(H,23,28)(H,24,29). The molecule has 0 bridgehead atoms. The highest BCUT2D eigenvalue weighted by atomic mass is 19.4. The number of urea groups is 1. The second-order valence-corrected chi connectivity index (χ2v) is 6.70. The molecule has 2 aromatic rings. The molecule has 2 heterocycles. The van der Waals surface area contributed by atoms with E-state index in [1.165, 1.54) is 0 Å². The van der Waals surface area contributed by atoms with Gasteiger partial charge in [0, 0.05) is 32.4 Å². The summed E-state index contributed by atoms with van der Waals surface area (Å²) in [4.78, 5) is 26.0. The van der Waals surface area contributed by atoms with Crippen LogP contribution in [-0.4, -0.2) is 52.8 Å². The van der Waals surface area contributed by atoms with Gasteiger partial charge >= 0.3 is 12.2 Å². The van der Waals surface area contributed by atoms with Crippen molar-refractivity contribution >= 4 is 11.9 Å². The fourth-order valence-electron chi connectivity index (χ4n) is 3.11. The van der Waals surface area contributed by atoms with Gasteiger partial charge in [-0.3, -0.25) is 4.79 Å². The number of piperidine rings is 1. The lowest BCUT2D eigenvalue weighted by Crippen LogP contribution is -2.45. The van der Waals surface area contributed by atoms with Crippen LogP contribution >= 0.6 is 0 Å². The third-order valence-corrected chi connectivity index (χ3v) is 4.58. The van der Waals surface area contributed by atoms with Crippen molar-refractivity contribution in [2.45, 2.75) is 25.4 Å². The number of nitrogens with zero attached hydrogens (tertiary/aromatic N) is 3. The average Bonchev–Trinajstić information content (AvgIpc) is 3.18. The van der Waals surface area contributed by atoms with Gasteiger partial charge < -0.3 is 15.5 Å². The molecule has 1 aliphatic rings. The Bertz CT molecular complexity index is 845. The van der Waals surface area contributed by atoms with E-state index in [0.717, 1.165) is 30.1 Å². The van der Waals surface area contributed by atoms with Crippen LogP contribution in [0.5, 0.6) is 0 Å². The van der Waals surface area contributed by atoms with Gasteiger partial charge in [0.2, 0.25) is 0 Å². The van der Waals surface area contributed by atoms with Crippen molar-refractivity contribution in [1.29, 1.82) is 0 Å². The van der Waals surface area contributed by atoms with Crippen molar-refractivity contribution in [2.24, 2.45) is 0 Å². The molecule has 0 radical (unpaired) electrons. The first-order valence-corrected chi connectivity index (χ1v) is 9.39. The van der Waals surface area contributed by atoms with Crippen LogP contribution in [0, 0.1) is 0 Å². The topological polar surface area (TPSA) is 79.3 Å². The van der Waals surface area contributed by atoms with E-state index in [2.05, 4.69) is 15.7 Å². The molecule has 0 aliphatic carbocycles. The molecule has 0 unspecified atom stereocenters. The highest BCUT2D eigenvalue weighted by Crippen LogP contribution is 2.31. The summed E-state index contributed by atoms with van der Waals surface area (Å²) < 4.78 is 41.0. The molecule has 1 aliphatic heterocycles. The first kappa shape index (κ1) is 20.7. The third kappa shape index (κ3) is 5.27. The highest BCUT2D eigenvalue weighted by Gasteiger charge is 2.39. The van der Waals surface area contributed by atoms with Gasteiger partial charge in [0.15, 0.2) is 5.69 Å². The van der Waals surface area contributed by atoms with E-state index in [1.807, 2.05) is 0 Å². The number of amides is 3. The zero-order valence-electron chi connectivity index (χ0n) is 15.7. The van der Waals surface area contributed by atoms with Gasteiger partial charge in [-0.2, -0.15) is 18.3 Å². The number of alkyl halides is 3. The van der Waals surface area contributed by atoms with Gasteiger partial charge in [-0.1, -0.05) is 18.2 Å². The maximum atomic E-state index is 13.3. The summed E-state index contributed by atoms with van der Waals surface area (Å²) in [6.07, 6.45) is -0.710. The molecule has 0 atom stereocenters. The fourth-order valence-corrected chi connectivity index (χ4v) is 3.11. The molecule has 3 amide bonds. The SMILES string of the molecule is O=C(NCCNC(=O)N1CCCCC1)c1cn(-c2ccccc2)nc1C(F)(F)F. The number of hydrogen-bond donors (Lipinski definition) is 2. The largest absolute Gasteiger partial charge is 0.435 e. The van der Waals surface area contributed by atoms with E-state index >= 15 is 0 Å². The van der Waals surface area contributed by atoms with E-state index in [9.17, 15) is 22.8 Å². The Labute approximate surface area is 165 Å². The van der Waals surface area contributed by atoms with E-state index in [-0.39, 0.29) is 19.1 Å². The number of benzene rings is 1. The predicted octanol–water partition coefficient (Wildman–Crippen LogP) is 2.82. The van der Waals surface area contributed by atoms with Crippen molar-refractivity contribution in [1.82, 2.24) is 25.3 Å². The van der Waals surface area contributed by atoms with Gasteiger partial charge in [-0.15, -0.1) is 0 Å². The molecule has 1 aromatic heterocycles. The second kappa shape index (κ2) is 8.97. The van der Waals surface area contributed by atoms with Gasteiger partial charge in [0.25, 0.3) is 5.91 Å². The van der Waals surface area contributed by atoms with E-state index in [0.29, 0.717) is 18.8 Å². The lowest BCUT2D eigenvalue weighted by atomic mass is 10.1. The fraction of sp³-hybridized carbons (Fsp3) is 0.421. The van der Waals surface area contributed by atoms with E-state index in [4.69, 9.17) is 0 Å². The summed E-state index contributed by atoms with van der Waals surface area (Å²) >= 11 is 0.